The Bertz CT molecular complexity index is 2480. The molecule has 0 spiro atoms. The van der Waals surface area contributed by atoms with Crippen LogP contribution in [0, 0.1) is 0 Å². The largest absolute Gasteiger partial charge is 0.297 e. The van der Waals surface area contributed by atoms with Crippen LogP contribution in [0.3, 0.4) is 0 Å². The molecule has 0 radical (unpaired) electrons. The van der Waals surface area contributed by atoms with Crippen molar-refractivity contribution in [3.8, 4) is 44.8 Å². The number of aromatic nitrogens is 2. The number of fused-ring (bicyclic) bond motifs is 3. The molecular weight excluding hydrogens is 593 g/mol. The van der Waals surface area contributed by atoms with Crippen molar-refractivity contribution in [3.63, 3.8) is 0 Å². The highest BCUT2D eigenvalue weighted by Gasteiger charge is 2.18. The second kappa shape index (κ2) is 13.9. The molecule has 0 unspecified atom stereocenters. The van der Waals surface area contributed by atoms with E-state index in [-0.39, 0.29) is 0 Å². The maximum atomic E-state index is 5.02. The van der Waals surface area contributed by atoms with Gasteiger partial charge < -0.3 is 0 Å². The molecule has 0 bridgehead atoms. The molecule has 0 aliphatic heterocycles. The molecule has 0 amide bonds. The van der Waals surface area contributed by atoms with Crippen LogP contribution in [0.2, 0.25) is 0 Å². The van der Waals surface area contributed by atoms with E-state index in [2.05, 4.69) is 163 Å². The van der Waals surface area contributed by atoms with Crippen LogP contribution in [0.1, 0.15) is 13.8 Å². The van der Waals surface area contributed by atoms with Crippen LogP contribution >= 0.6 is 0 Å². The number of nitrogens with zero attached hydrogens (tertiary/aromatic N) is 2. The third kappa shape index (κ3) is 6.01. The lowest BCUT2D eigenvalue weighted by Gasteiger charge is -2.19. The molecule has 7 aromatic carbocycles. The smallest absolute Gasteiger partial charge is 0.145 e. The molecule has 8 aromatic rings. The van der Waals surface area contributed by atoms with Gasteiger partial charge in [-0.3, -0.25) is 4.57 Å². The van der Waals surface area contributed by atoms with Crippen molar-refractivity contribution in [1.82, 2.24) is 9.55 Å². The van der Waals surface area contributed by atoms with Crippen LogP contribution in [0.5, 0.6) is 0 Å². The molecule has 2 heteroatoms. The van der Waals surface area contributed by atoms with Crippen LogP contribution in [0.4, 0.5) is 0 Å². The number of hydrogen-bond acceptors (Lipinski definition) is 1. The molecule has 0 N–H and O–H groups in total. The van der Waals surface area contributed by atoms with Crippen molar-refractivity contribution in [1.29, 1.82) is 0 Å². The van der Waals surface area contributed by atoms with E-state index in [0.717, 1.165) is 33.7 Å². The van der Waals surface area contributed by atoms with Gasteiger partial charge in [0.2, 0.25) is 0 Å². The zero-order chi connectivity index (χ0) is 33.7. The summed E-state index contributed by atoms with van der Waals surface area (Å²) in [5, 5.41) is 5.01. The maximum Gasteiger partial charge on any atom is 0.145 e. The lowest BCUT2D eigenvalue weighted by molar-refractivity contribution is 1.13. The molecular formula is C47H38N2. The molecule has 236 valence electrons. The second-order valence-corrected chi connectivity index (χ2v) is 12.1. The molecule has 8 rings (SSSR count). The predicted molar refractivity (Wildman–Crippen MR) is 213 cm³/mol. The number of para-hydroxylation sites is 2. The van der Waals surface area contributed by atoms with E-state index >= 15 is 0 Å². The van der Waals surface area contributed by atoms with Crippen LogP contribution in [0.25, 0.3) is 83.0 Å². The minimum atomic E-state index is 0.906. The topological polar surface area (TPSA) is 17.8 Å². The van der Waals surface area contributed by atoms with E-state index in [0.29, 0.717) is 0 Å². The molecule has 0 fully saturated rings. The fourth-order valence-electron chi connectivity index (χ4n) is 6.77. The first-order valence-corrected chi connectivity index (χ1v) is 16.7. The molecule has 0 atom stereocenters. The van der Waals surface area contributed by atoms with E-state index in [1.807, 2.05) is 32.1 Å². The Morgan fingerprint density at radius 2 is 1.08 bits per heavy atom. The Labute approximate surface area is 288 Å². The third-order valence-corrected chi connectivity index (χ3v) is 8.87. The Morgan fingerprint density at radius 3 is 1.69 bits per heavy atom. The lowest BCUT2D eigenvalue weighted by atomic mass is 9.85. The first-order valence-electron chi connectivity index (χ1n) is 16.7. The highest BCUT2D eigenvalue weighted by atomic mass is 15.1. The lowest BCUT2D eigenvalue weighted by Crippen LogP contribution is -1.96. The zero-order valence-electron chi connectivity index (χ0n) is 28.0. The monoisotopic (exact) mass is 630 g/mol. The molecule has 2 nitrogen and oxygen atoms in total. The van der Waals surface area contributed by atoms with Gasteiger partial charge in [0, 0.05) is 11.3 Å². The van der Waals surface area contributed by atoms with E-state index < -0.39 is 0 Å². The van der Waals surface area contributed by atoms with Crippen LogP contribution in [-0.2, 0) is 0 Å². The van der Waals surface area contributed by atoms with Crippen molar-refractivity contribution in [2.45, 2.75) is 13.8 Å². The van der Waals surface area contributed by atoms with Gasteiger partial charge in [0.05, 0.1) is 11.0 Å². The Hall–Kier alpha value is -6.25. The Kier molecular flexibility index (Phi) is 8.86. The zero-order valence-corrected chi connectivity index (χ0v) is 28.0. The van der Waals surface area contributed by atoms with E-state index in [4.69, 9.17) is 4.98 Å². The fraction of sp³-hybridized carbons (Fsp3) is 0.0426. The van der Waals surface area contributed by atoms with Gasteiger partial charge in [0.25, 0.3) is 0 Å². The van der Waals surface area contributed by atoms with Gasteiger partial charge in [-0.2, -0.15) is 0 Å². The Morgan fingerprint density at radius 1 is 0.551 bits per heavy atom. The summed E-state index contributed by atoms with van der Waals surface area (Å²) in [6.07, 6.45) is 5.58. The molecule has 0 aliphatic carbocycles. The standard InChI is InChI=1S/C42H30N2.C5H8/c1-28(2)44-39-23-12-11-22-38(39)43-42(44)33-19-13-18-31(26-33)32-24-25-36-37(27-32)41(30-16-7-4-8-17-30)35-21-10-9-20-34(35)40(36)29-14-5-3-6-15-29;1-3-5-4-2/h3-27H,1H2,2H3;3-5H,1H2,2H3/b;5-4-. The van der Waals surface area contributed by atoms with Crippen LogP contribution < -0.4 is 0 Å². The summed E-state index contributed by atoms with van der Waals surface area (Å²) in [5.41, 5.74) is 11.3. The summed E-state index contributed by atoms with van der Waals surface area (Å²) in [5.74, 6) is 0.906. The van der Waals surface area contributed by atoms with E-state index in [1.165, 1.54) is 49.4 Å². The predicted octanol–water partition coefficient (Wildman–Crippen LogP) is 13.2. The van der Waals surface area contributed by atoms with Gasteiger partial charge in [0.15, 0.2) is 0 Å². The number of imidazole rings is 1. The van der Waals surface area contributed by atoms with Crippen molar-refractivity contribution >= 4 is 38.3 Å². The van der Waals surface area contributed by atoms with Gasteiger partial charge in [-0.05, 0) is 93.0 Å². The SMILES string of the molecule is C=C(C)n1c(-c2cccc(-c3ccc4c(-c5ccccc5)c5ccccc5c(-c5ccccc5)c4c3)c2)nc2ccccc21.C=C/C=C\C. The minimum absolute atomic E-state index is 0.906. The van der Waals surface area contributed by atoms with E-state index in [9.17, 15) is 0 Å². The minimum Gasteiger partial charge on any atom is -0.297 e. The number of rotatable bonds is 6. The molecule has 0 saturated carbocycles. The summed E-state index contributed by atoms with van der Waals surface area (Å²) in [6, 6.07) is 54.3. The number of hydrogen-bond donors (Lipinski definition) is 0. The van der Waals surface area contributed by atoms with Gasteiger partial charge >= 0.3 is 0 Å². The molecule has 1 aromatic heterocycles. The molecule has 49 heavy (non-hydrogen) atoms. The van der Waals surface area contributed by atoms with Crippen molar-refractivity contribution in [2.24, 2.45) is 0 Å². The van der Waals surface area contributed by atoms with Gasteiger partial charge in [-0.1, -0.05) is 159 Å². The Balaban J connectivity index is 0.000000707. The summed E-state index contributed by atoms with van der Waals surface area (Å²) < 4.78 is 2.15. The first kappa shape index (κ1) is 31.4. The molecule has 1 heterocycles. The number of benzene rings is 7. The van der Waals surface area contributed by atoms with Gasteiger partial charge in [-0.15, -0.1) is 0 Å². The van der Waals surface area contributed by atoms with Crippen molar-refractivity contribution in [2.75, 3.05) is 0 Å². The fourth-order valence-corrected chi connectivity index (χ4v) is 6.77. The molecule has 0 saturated heterocycles. The second-order valence-electron chi connectivity index (χ2n) is 12.1. The van der Waals surface area contributed by atoms with Crippen LogP contribution in [-0.4, -0.2) is 9.55 Å². The highest BCUT2D eigenvalue weighted by Crippen LogP contribution is 2.45. The van der Waals surface area contributed by atoms with Gasteiger partial charge in [0.1, 0.15) is 5.82 Å². The highest BCUT2D eigenvalue weighted by molar-refractivity contribution is 6.22. The van der Waals surface area contributed by atoms with Gasteiger partial charge in [-0.25, -0.2) is 4.98 Å². The third-order valence-electron chi connectivity index (χ3n) is 8.87. The summed E-state index contributed by atoms with van der Waals surface area (Å²) in [4.78, 5) is 5.02. The first-order chi connectivity index (χ1) is 24.1. The summed E-state index contributed by atoms with van der Waals surface area (Å²) in [6.45, 7) is 11.7. The van der Waals surface area contributed by atoms with Crippen molar-refractivity contribution in [3.05, 3.63) is 183 Å². The van der Waals surface area contributed by atoms with Crippen LogP contribution in [0.15, 0.2) is 183 Å². The molecule has 0 aliphatic rings. The summed E-state index contributed by atoms with van der Waals surface area (Å²) >= 11 is 0. The quantitative estimate of drug-likeness (QED) is 0.132. The number of allylic oxidation sites excluding steroid dienone is 4. The maximum absolute atomic E-state index is 5.02. The van der Waals surface area contributed by atoms with E-state index in [1.54, 1.807) is 6.08 Å². The van der Waals surface area contributed by atoms with Crippen molar-refractivity contribution < 1.29 is 0 Å². The average molecular weight is 631 g/mol. The average Bonchev–Trinajstić information content (AvgIpc) is 3.55. The normalized spacial score (nSPS) is 11.1. The summed E-state index contributed by atoms with van der Waals surface area (Å²) in [7, 11) is 0.